The molecule has 0 unspecified atom stereocenters. The van der Waals surface area contributed by atoms with Crippen LogP contribution in [0.3, 0.4) is 0 Å². The van der Waals surface area contributed by atoms with Crippen LogP contribution < -0.4 is 5.32 Å². The third-order valence-electron chi connectivity index (χ3n) is 2.38. The summed E-state index contributed by atoms with van der Waals surface area (Å²) in [4.78, 5) is 19.4. The predicted octanol–water partition coefficient (Wildman–Crippen LogP) is 1.88. The van der Waals surface area contributed by atoms with Crippen molar-refractivity contribution in [1.29, 1.82) is 0 Å². The lowest BCUT2D eigenvalue weighted by Gasteiger charge is -2.05. The highest BCUT2D eigenvalue weighted by Crippen LogP contribution is 2.07. The normalized spacial score (nSPS) is 9.83. The van der Waals surface area contributed by atoms with Crippen LogP contribution in [0.4, 0.5) is 5.82 Å². The smallest absolute Gasteiger partial charge is 0.339 e. The second kappa shape index (κ2) is 5.77. The molecule has 5 heteroatoms. The maximum absolute atomic E-state index is 11.2. The van der Waals surface area contributed by atoms with E-state index in [0.29, 0.717) is 17.9 Å². The minimum atomic E-state index is -0.388. The van der Waals surface area contributed by atoms with Crippen molar-refractivity contribution < 1.29 is 9.53 Å². The van der Waals surface area contributed by atoms with E-state index in [-0.39, 0.29) is 5.97 Å². The third-order valence-corrected chi connectivity index (χ3v) is 2.38. The number of pyridine rings is 2. The van der Waals surface area contributed by atoms with Gasteiger partial charge in [0.05, 0.1) is 12.7 Å². The average Bonchev–Trinajstić information content (AvgIpc) is 2.46. The lowest BCUT2D eigenvalue weighted by molar-refractivity contribution is 0.0600. The SMILES string of the molecule is COC(=O)c1ccc(NCc2cccnc2)nc1. The summed E-state index contributed by atoms with van der Waals surface area (Å²) in [6.45, 7) is 0.637. The standard InChI is InChI=1S/C13H13N3O2/c1-18-13(17)11-4-5-12(16-9-11)15-8-10-3-2-6-14-7-10/h2-7,9H,8H2,1H3,(H,15,16). The Bertz CT molecular complexity index is 512. The van der Waals surface area contributed by atoms with Gasteiger partial charge in [0.25, 0.3) is 0 Å². The Morgan fingerprint density at radius 2 is 2.22 bits per heavy atom. The van der Waals surface area contributed by atoms with Gasteiger partial charge in [0.1, 0.15) is 5.82 Å². The van der Waals surface area contributed by atoms with Gasteiger partial charge in [-0.2, -0.15) is 0 Å². The van der Waals surface area contributed by atoms with E-state index in [0.717, 1.165) is 5.56 Å². The number of nitrogens with one attached hydrogen (secondary N) is 1. The van der Waals surface area contributed by atoms with Crippen molar-refractivity contribution in [2.75, 3.05) is 12.4 Å². The molecule has 18 heavy (non-hydrogen) atoms. The number of esters is 1. The Morgan fingerprint density at radius 3 is 2.83 bits per heavy atom. The summed E-state index contributed by atoms with van der Waals surface area (Å²) in [5, 5.41) is 3.14. The number of anilines is 1. The number of carbonyl (C=O) groups is 1. The van der Waals surface area contributed by atoms with Gasteiger partial charge in [-0.25, -0.2) is 9.78 Å². The Balaban J connectivity index is 1.97. The average molecular weight is 243 g/mol. The summed E-state index contributed by atoms with van der Waals surface area (Å²) in [5.41, 5.74) is 1.50. The molecule has 5 nitrogen and oxygen atoms in total. The number of ether oxygens (including phenoxy) is 1. The predicted molar refractivity (Wildman–Crippen MR) is 67.1 cm³/mol. The van der Waals surface area contributed by atoms with Gasteiger partial charge in [-0.05, 0) is 23.8 Å². The summed E-state index contributed by atoms with van der Waals surface area (Å²) in [5.74, 6) is 0.313. The summed E-state index contributed by atoms with van der Waals surface area (Å²) < 4.78 is 4.60. The number of nitrogens with zero attached hydrogens (tertiary/aromatic N) is 2. The Kier molecular flexibility index (Phi) is 3.86. The summed E-state index contributed by atoms with van der Waals surface area (Å²) in [6, 6.07) is 7.26. The van der Waals surface area contributed by atoms with Crippen LogP contribution in [0.5, 0.6) is 0 Å². The molecule has 0 aliphatic heterocycles. The van der Waals surface area contributed by atoms with Crippen molar-refractivity contribution in [1.82, 2.24) is 9.97 Å². The molecule has 0 saturated carbocycles. The molecule has 2 aromatic rings. The van der Waals surface area contributed by atoms with Gasteiger partial charge in [-0.1, -0.05) is 6.07 Å². The van der Waals surface area contributed by atoms with Crippen molar-refractivity contribution in [2.45, 2.75) is 6.54 Å². The molecular weight excluding hydrogens is 230 g/mol. The zero-order chi connectivity index (χ0) is 12.8. The highest BCUT2D eigenvalue weighted by atomic mass is 16.5. The van der Waals surface area contributed by atoms with Gasteiger partial charge in [0.2, 0.25) is 0 Å². The van der Waals surface area contributed by atoms with E-state index in [1.807, 2.05) is 12.1 Å². The first kappa shape index (κ1) is 12.0. The molecule has 0 aromatic carbocycles. The van der Waals surface area contributed by atoms with E-state index in [4.69, 9.17) is 0 Å². The molecule has 0 amide bonds. The van der Waals surface area contributed by atoms with Gasteiger partial charge in [0, 0.05) is 25.1 Å². The molecule has 0 spiro atoms. The highest BCUT2D eigenvalue weighted by Gasteiger charge is 2.04. The second-order valence-corrected chi connectivity index (χ2v) is 3.64. The maximum atomic E-state index is 11.2. The van der Waals surface area contributed by atoms with Crippen LogP contribution in [-0.4, -0.2) is 23.0 Å². The van der Waals surface area contributed by atoms with Crippen molar-refractivity contribution >= 4 is 11.8 Å². The van der Waals surface area contributed by atoms with E-state index < -0.39 is 0 Å². The largest absolute Gasteiger partial charge is 0.465 e. The topological polar surface area (TPSA) is 64.1 Å². The van der Waals surface area contributed by atoms with Crippen LogP contribution in [0.25, 0.3) is 0 Å². The van der Waals surface area contributed by atoms with E-state index in [1.54, 1.807) is 24.5 Å². The van der Waals surface area contributed by atoms with Gasteiger partial charge < -0.3 is 10.1 Å². The first-order valence-electron chi connectivity index (χ1n) is 5.47. The van der Waals surface area contributed by atoms with E-state index in [9.17, 15) is 4.79 Å². The summed E-state index contributed by atoms with van der Waals surface area (Å²) >= 11 is 0. The van der Waals surface area contributed by atoms with Gasteiger partial charge in [-0.15, -0.1) is 0 Å². The molecule has 0 aliphatic rings. The molecule has 0 aliphatic carbocycles. The zero-order valence-corrected chi connectivity index (χ0v) is 9.96. The zero-order valence-electron chi connectivity index (χ0n) is 9.96. The molecule has 2 heterocycles. The molecule has 0 bridgehead atoms. The van der Waals surface area contributed by atoms with Crippen LogP contribution >= 0.6 is 0 Å². The second-order valence-electron chi connectivity index (χ2n) is 3.64. The van der Waals surface area contributed by atoms with Crippen molar-refractivity contribution in [2.24, 2.45) is 0 Å². The number of rotatable bonds is 4. The molecule has 0 fully saturated rings. The molecule has 92 valence electrons. The van der Waals surface area contributed by atoms with Crippen LogP contribution in [0.1, 0.15) is 15.9 Å². The minimum absolute atomic E-state index is 0.388. The highest BCUT2D eigenvalue weighted by molar-refractivity contribution is 5.89. The first-order valence-corrected chi connectivity index (χ1v) is 5.47. The fourth-order valence-corrected chi connectivity index (χ4v) is 1.43. The molecular formula is C13H13N3O2. The fraction of sp³-hybridized carbons (Fsp3) is 0.154. The summed E-state index contributed by atoms with van der Waals surface area (Å²) in [6.07, 6.45) is 5.00. The Labute approximate surface area is 105 Å². The maximum Gasteiger partial charge on any atom is 0.339 e. The first-order chi connectivity index (χ1) is 8.79. The quantitative estimate of drug-likeness (QED) is 0.830. The number of hydrogen-bond donors (Lipinski definition) is 1. The van der Waals surface area contributed by atoms with Crippen molar-refractivity contribution in [3.8, 4) is 0 Å². The van der Waals surface area contributed by atoms with Crippen molar-refractivity contribution in [3.63, 3.8) is 0 Å². The van der Waals surface area contributed by atoms with Crippen LogP contribution in [-0.2, 0) is 11.3 Å². The van der Waals surface area contributed by atoms with Gasteiger partial charge in [0.15, 0.2) is 0 Å². The lowest BCUT2D eigenvalue weighted by Crippen LogP contribution is -2.04. The van der Waals surface area contributed by atoms with E-state index in [1.165, 1.54) is 13.3 Å². The van der Waals surface area contributed by atoms with Gasteiger partial charge >= 0.3 is 5.97 Å². The van der Waals surface area contributed by atoms with Crippen molar-refractivity contribution in [3.05, 3.63) is 54.0 Å². The fourth-order valence-electron chi connectivity index (χ4n) is 1.43. The Hall–Kier alpha value is -2.43. The summed E-state index contributed by atoms with van der Waals surface area (Å²) in [7, 11) is 1.34. The molecule has 2 rings (SSSR count). The number of aromatic nitrogens is 2. The number of hydrogen-bond acceptors (Lipinski definition) is 5. The molecule has 2 aromatic heterocycles. The number of methoxy groups -OCH3 is 1. The van der Waals surface area contributed by atoms with Gasteiger partial charge in [-0.3, -0.25) is 4.98 Å². The van der Waals surface area contributed by atoms with Crippen LogP contribution in [0.15, 0.2) is 42.9 Å². The lowest BCUT2D eigenvalue weighted by atomic mass is 10.2. The minimum Gasteiger partial charge on any atom is -0.465 e. The molecule has 1 N–H and O–H groups in total. The number of carbonyl (C=O) groups excluding carboxylic acids is 1. The Morgan fingerprint density at radius 1 is 1.33 bits per heavy atom. The molecule has 0 saturated heterocycles. The van der Waals surface area contributed by atoms with Crippen LogP contribution in [0, 0.1) is 0 Å². The monoisotopic (exact) mass is 243 g/mol. The molecule has 0 atom stereocenters. The van der Waals surface area contributed by atoms with Crippen LogP contribution in [0.2, 0.25) is 0 Å². The van der Waals surface area contributed by atoms with E-state index in [2.05, 4.69) is 20.0 Å². The molecule has 0 radical (unpaired) electrons. The third kappa shape index (κ3) is 3.04. The van der Waals surface area contributed by atoms with E-state index >= 15 is 0 Å².